The molecule has 1 aromatic carbocycles. The van der Waals surface area contributed by atoms with E-state index < -0.39 is 0 Å². The molecule has 1 unspecified atom stereocenters. The van der Waals surface area contributed by atoms with Crippen LogP contribution in [0.25, 0.3) is 0 Å². The molecular weight excluding hydrogens is 252 g/mol. The largest absolute Gasteiger partial charge is 0.493 e. The lowest BCUT2D eigenvalue weighted by Gasteiger charge is -2.28. The van der Waals surface area contributed by atoms with Crippen LogP contribution >= 0.6 is 0 Å². The van der Waals surface area contributed by atoms with Crippen molar-refractivity contribution in [3.63, 3.8) is 0 Å². The zero-order valence-electron chi connectivity index (χ0n) is 11.7. The number of nitrogens with one attached hydrogen (secondary N) is 1. The minimum atomic E-state index is -0.137. The second kappa shape index (κ2) is 5.83. The molecule has 0 spiro atoms. The van der Waals surface area contributed by atoms with E-state index in [0.29, 0.717) is 12.0 Å². The lowest BCUT2D eigenvalue weighted by Crippen LogP contribution is -2.38. The molecule has 1 amide bonds. The number of nitrogens with two attached hydrogens (primary N) is 1. The van der Waals surface area contributed by atoms with Gasteiger partial charge in [0.05, 0.1) is 6.61 Å². The molecule has 0 bridgehead atoms. The van der Waals surface area contributed by atoms with Crippen molar-refractivity contribution in [1.82, 2.24) is 5.32 Å². The van der Waals surface area contributed by atoms with Crippen LogP contribution in [0.3, 0.4) is 0 Å². The molecule has 1 atom stereocenters. The molecule has 1 saturated carbocycles. The third-order valence-electron chi connectivity index (χ3n) is 4.58. The van der Waals surface area contributed by atoms with Crippen LogP contribution in [0.15, 0.2) is 24.3 Å². The van der Waals surface area contributed by atoms with Gasteiger partial charge >= 0.3 is 0 Å². The average Bonchev–Trinajstić information content (AvgIpc) is 2.89. The van der Waals surface area contributed by atoms with E-state index in [4.69, 9.17) is 10.5 Å². The normalized spacial score (nSPS) is 28.7. The molecule has 1 aliphatic carbocycles. The Hall–Kier alpha value is -1.55. The van der Waals surface area contributed by atoms with Crippen LogP contribution in [-0.4, -0.2) is 25.1 Å². The van der Waals surface area contributed by atoms with Gasteiger partial charge in [-0.1, -0.05) is 18.2 Å². The first-order valence-electron chi connectivity index (χ1n) is 7.48. The SMILES string of the molecule is NC(=O)C1CCC(NCC2COc3ccccc32)CC1. The predicted molar refractivity (Wildman–Crippen MR) is 77.6 cm³/mol. The molecule has 0 saturated heterocycles. The first-order chi connectivity index (χ1) is 9.74. The number of hydrogen-bond acceptors (Lipinski definition) is 3. The maximum absolute atomic E-state index is 11.2. The van der Waals surface area contributed by atoms with Crippen LogP contribution in [0.4, 0.5) is 0 Å². The van der Waals surface area contributed by atoms with Gasteiger partial charge in [0, 0.05) is 30.0 Å². The van der Waals surface area contributed by atoms with Gasteiger partial charge in [0.15, 0.2) is 0 Å². The molecule has 108 valence electrons. The van der Waals surface area contributed by atoms with E-state index in [9.17, 15) is 4.79 Å². The van der Waals surface area contributed by atoms with Gasteiger partial charge in [-0.05, 0) is 31.7 Å². The fourth-order valence-electron chi connectivity index (χ4n) is 3.29. The zero-order chi connectivity index (χ0) is 13.9. The topological polar surface area (TPSA) is 64.4 Å². The summed E-state index contributed by atoms with van der Waals surface area (Å²) in [5.74, 6) is 1.42. The Kier molecular flexibility index (Phi) is 3.92. The summed E-state index contributed by atoms with van der Waals surface area (Å²) in [6.45, 7) is 1.71. The summed E-state index contributed by atoms with van der Waals surface area (Å²) in [5.41, 5.74) is 6.67. The van der Waals surface area contributed by atoms with Gasteiger partial charge in [-0.15, -0.1) is 0 Å². The Balaban J connectivity index is 1.48. The molecule has 0 radical (unpaired) electrons. The molecule has 3 N–H and O–H groups in total. The number of rotatable bonds is 4. The summed E-state index contributed by atoms with van der Waals surface area (Å²) in [6, 6.07) is 8.78. The highest BCUT2D eigenvalue weighted by atomic mass is 16.5. The summed E-state index contributed by atoms with van der Waals surface area (Å²) >= 11 is 0. The highest BCUT2D eigenvalue weighted by Gasteiger charge is 2.27. The Bertz CT molecular complexity index is 481. The average molecular weight is 274 g/mol. The number of carbonyl (C=O) groups excluding carboxylic acids is 1. The number of amides is 1. The van der Waals surface area contributed by atoms with Crippen molar-refractivity contribution in [2.45, 2.75) is 37.6 Å². The van der Waals surface area contributed by atoms with E-state index in [1.54, 1.807) is 0 Å². The number of primary amides is 1. The van der Waals surface area contributed by atoms with E-state index in [-0.39, 0.29) is 11.8 Å². The highest BCUT2D eigenvalue weighted by molar-refractivity contribution is 5.76. The Morgan fingerprint density at radius 1 is 1.25 bits per heavy atom. The smallest absolute Gasteiger partial charge is 0.220 e. The van der Waals surface area contributed by atoms with Crippen molar-refractivity contribution in [3.8, 4) is 5.75 Å². The third-order valence-corrected chi connectivity index (χ3v) is 4.58. The third kappa shape index (κ3) is 2.80. The van der Waals surface area contributed by atoms with E-state index in [2.05, 4.69) is 17.4 Å². The maximum atomic E-state index is 11.2. The molecule has 4 nitrogen and oxygen atoms in total. The highest BCUT2D eigenvalue weighted by Crippen LogP contribution is 2.33. The van der Waals surface area contributed by atoms with Crippen LogP contribution < -0.4 is 15.8 Å². The Labute approximate surface area is 119 Å². The number of fused-ring (bicyclic) bond motifs is 1. The summed E-state index contributed by atoms with van der Waals surface area (Å²) < 4.78 is 5.70. The number of carbonyl (C=O) groups is 1. The van der Waals surface area contributed by atoms with Crippen LogP contribution in [0.5, 0.6) is 5.75 Å². The van der Waals surface area contributed by atoms with E-state index in [1.807, 2.05) is 12.1 Å². The molecule has 0 aromatic heterocycles. The molecule has 3 rings (SSSR count). The zero-order valence-corrected chi connectivity index (χ0v) is 11.7. The molecule has 1 aromatic rings. The van der Waals surface area contributed by atoms with Crippen molar-refractivity contribution < 1.29 is 9.53 Å². The first kappa shape index (κ1) is 13.4. The lowest BCUT2D eigenvalue weighted by molar-refractivity contribution is -0.122. The van der Waals surface area contributed by atoms with Crippen LogP contribution in [-0.2, 0) is 4.79 Å². The summed E-state index contributed by atoms with van der Waals surface area (Å²) in [6.07, 6.45) is 3.93. The first-order valence-corrected chi connectivity index (χ1v) is 7.48. The van der Waals surface area contributed by atoms with Gasteiger partial charge in [0.25, 0.3) is 0 Å². The van der Waals surface area contributed by atoms with Crippen molar-refractivity contribution >= 4 is 5.91 Å². The van der Waals surface area contributed by atoms with Crippen molar-refractivity contribution in [3.05, 3.63) is 29.8 Å². The molecule has 4 heteroatoms. The van der Waals surface area contributed by atoms with Gasteiger partial charge in [-0.2, -0.15) is 0 Å². The fraction of sp³-hybridized carbons (Fsp3) is 0.562. The Morgan fingerprint density at radius 2 is 2.00 bits per heavy atom. The molecule has 1 fully saturated rings. The molecule has 1 heterocycles. The quantitative estimate of drug-likeness (QED) is 0.880. The Morgan fingerprint density at radius 3 is 2.75 bits per heavy atom. The predicted octanol–water partition coefficient (Wildman–Crippen LogP) is 1.80. The monoisotopic (exact) mass is 274 g/mol. The van der Waals surface area contributed by atoms with Crippen LogP contribution in [0, 0.1) is 5.92 Å². The number of ether oxygens (including phenoxy) is 1. The second-order valence-electron chi connectivity index (χ2n) is 5.90. The van der Waals surface area contributed by atoms with Gasteiger partial charge < -0.3 is 15.8 Å². The standard InChI is InChI=1S/C16H22N2O2/c17-16(19)11-5-7-13(8-6-11)18-9-12-10-20-15-4-2-1-3-14(12)15/h1-4,11-13,18H,5-10H2,(H2,17,19). The van der Waals surface area contributed by atoms with Gasteiger partial charge in [0.2, 0.25) is 5.91 Å². The molecule has 1 aliphatic heterocycles. The number of benzene rings is 1. The summed E-state index contributed by atoms with van der Waals surface area (Å²) in [4.78, 5) is 11.2. The van der Waals surface area contributed by atoms with Crippen LogP contribution in [0.2, 0.25) is 0 Å². The van der Waals surface area contributed by atoms with E-state index >= 15 is 0 Å². The lowest BCUT2D eigenvalue weighted by atomic mass is 9.85. The van der Waals surface area contributed by atoms with E-state index in [1.165, 1.54) is 5.56 Å². The number of para-hydroxylation sites is 1. The van der Waals surface area contributed by atoms with E-state index in [0.717, 1.165) is 44.6 Å². The van der Waals surface area contributed by atoms with Gasteiger partial charge in [-0.25, -0.2) is 0 Å². The fourth-order valence-corrected chi connectivity index (χ4v) is 3.29. The summed E-state index contributed by atoms with van der Waals surface area (Å²) in [5, 5.41) is 3.63. The van der Waals surface area contributed by atoms with Crippen molar-refractivity contribution in [2.75, 3.05) is 13.2 Å². The van der Waals surface area contributed by atoms with Gasteiger partial charge in [-0.3, -0.25) is 4.79 Å². The van der Waals surface area contributed by atoms with Crippen molar-refractivity contribution in [1.29, 1.82) is 0 Å². The van der Waals surface area contributed by atoms with Crippen molar-refractivity contribution in [2.24, 2.45) is 11.7 Å². The minimum absolute atomic E-state index is 0.0867. The van der Waals surface area contributed by atoms with Gasteiger partial charge in [0.1, 0.15) is 5.75 Å². The minimum Gasteiger partial charge on any atom is -0.493 e. The molecule has 20 heavy (non-hydrogen) atoms. The second-order valence-corrected chi connectivity index (χ2v) is 5.90. The van der Waals surface area contributed by atoms with Crippen LogP contribution in [0.1, 0.15) is 37.2 Å². The molecular formula is C16H22N2O2. The summed E-state index contributed by atoms with van der Waals surface area (Å²) in [7, 11) is 0. The maximum Gasteiger partial charge on any atom is 0.220 e. The number of hydrogen-bond donors (Lipinski definition) is 2. The molecule has 2 aliphatic rings.